The van der Waals surface area contributed by atoms with Gasteiger partial charge in [0, 0.05) is 13.1 Å². The monoisotopic (exact) mass is 299 g/mol. The Balaban J connectivity index is 1.41. The van der Waals surface area contributed by atoms with E-state index in [4.69, 9.17) is 0 Å². The van der Waals surface area contributed by atoms with Crippen molar-refractivity contribution in [2.45, 2.75) is 51.4 Å². The Kier molecular flexibility index (Phi) is 4.71. The van der Waals surface area contributed by atoms with Crippen LogP contribution in [0.15, 0.2) is 0 Å². The molecule has 3 fully saturated rings. The smallest absolute Gasteiger partial charge is 0.152 e. The van der Waals surface area contributed by atoms with E-state index in [1.807, 2.05) is 0 Å². The molecule has 116 valence electrons. The largest absolute Gasteiger partial charge is 0.301 e. The highest BCUT2D eigenvalue weighted by atomic mass is 32.2. The third-order valence-corrected chi connectivity index (χ3v) is 7.55. The second-order valence-corrected chi connectivity index (χ2v) is 9.57. The molecular formula is C16H29NO2S. The van der Waals surface area contributed by atoms with Crippen molar-refractivity contribution in [2.75, 3.05) is 31.1 Å². The van der Waals surface area contributed by atoms with Crippen LogP contribution < -0.4 is 0 Å². The molecule has 0 radical (unpaired) electrons. The zero-order chi connectivity index (χ0) is 14.0. The second kappa shape index (κ2) is 6.35. The van der Waals surface area contributed by atoms with Crippen LogP contribution in [0.3, 0.4) is 0 Å². The first kappa shape index (κ1) is 14.8. The summed E-state index contributed by atoms with van der Waals surface area (Å²) < 4.78 is 22.9. The van der Waals surface area contributed by atoms with Gasteiger partial charge in [-0.05, 0) is 43.6 Å². The van der Waals surface area contributed by atoms with Crippen molar-refractivity contribution in [2.24, 2.45) is 17.8 Å². The Morgan fingerprint density at radius 3 is 2.35 bits per heavy atom. The highest BCUT2D eigenvalue weighted by Crippen LogP contribution is 2.43. The molecule has 0 bridgehead atoms. The molecule has 1 heterocycles. The van der Waals surface area contributed by atoms with Crippen molar-refractivity contribution in [1.82, 2.24) is 4.90 Å². The first-order valence-corrected chi connectivity index (χ1v) is 10.4. The predicted molar refractivity (Wildman–Crippen MR) is 82.5 cm³/mol. The number of nitrogens with zero attached hydrogens (tertiary/aromatic N) is 1. The molecule has 3 nitrogen and oxygen atoms in total. The minimum atomic E-state index is -2.72. The van der Waals surface area contributed by atoms with E-state index in [9.17, 15) is 8.42 Å². The summed E-state index contributed by atoms with van der Waals surface area (Å²) in [6, 6.07) is 0. The molecular weight excluding hydrogens is 270 g/mol. The quantitative estimate of drug-likeness (QED) is 0.804. The Bertz CT molecular complexity index is 406. The average Bonchev–Trinajstić information content (AvgIpc) is 2.46. The molecule has 3 atom stereocenters. The summed E-state index contributed by atoms with van der Waals surface area (Å²) in [5.41, 5.74) is 0. The van der Waals surface area contributed by atoms with Gasteiger partial charge in [0.1, 0.15) is 0 Å². The Morgan fingerprint density at radius 2 is 1.60 bits per heavy atom. The maximum Gasteiger partial charge on any atom is 0.152 e. The summed E-state index contributed by atoms with van der Waals surface area (Å²) in [4.78, 5) is 2.37. The van der Waals surface area contributed by atoms with E-state index in [0.29, 0.717) is 11.5 Å². The van der Waals surface area contributed by atoms with Crippen LogP contribution in [0.1, 0.15) is 51.4 Å². The van der Waals surface area contributed by atoms with Crippen LogP contribution in [0.25, 0.3) is 0 Å². The summed E-state index contributed by atoms with van der Waals surface area (Å²) >= 11 is 0. The molecule has 2 saturated carbocycles. The van der Waals surface area contributed by atoms with Crippen LogP contribution >= 0.6 is 0 Å². The highest BCUT2D eigenvalue weighted by Gasteiger charge is 2.32. The van der Waals surface area contributed by atoms with E-state index < -0.39 is 9.84 Å². The first-order valence-electron chi connectivity index (χ1n) is 8.55. The van der Waals surface area contributed by atoms with Crippen molar-refractivity contribution in [3.63, 3.8) is 0 Å². The fourth-order valence-electron chi connectivity index (χ4n) is 4.57. The maximum absolute atomic E-state index is 11.4. The lowest BCUT2D eigenvalue weighted by Gasteiger charge is -2.40. The Morgan fingerprint density at radius 1 is 0.900 bits per heavy atom. The van der Waals surface area contributed by atoms with Gasteiger partial charge in [-0.25, -0.2) is 8.42 Å². The molecule has 0 aromatic rings. The maximum atomic E-state index is 11.4. The van der Waals surface area contributed by atoms with Gasteiger partial charge in [-0.2, -0.15) is 0 Å². The van der Waals surface area contributed by atoms with Crippen molar-refractivity contribution in [3.8, 4) is 0 Å². The van der Waals surface area contributed by atoms with Gasteiger partial charge >= 0.3 is 0 Å². The lowest BCUT2D eigenvalue weighted by molar-refractivity contribution is 0.118. The van der Waals surface area contributed by atoms with Gasteiger partial charge in [0.25, 0.3) is 0 Å². The van der Waals surface area contributed by atoms with Gasteiger partial charge in [0.15, 0.2) is 9.84 Å². The topological polar surface area (TPSA) is 37.4 Å². The minimum Gasteiger partial charge on any atom is -0.301 e. The molecule has 0 N–H and O–H groups in total. The number of sulfone groups is 1. The molecule has 0 aromatic carbocycles. The summed E-state index contributed by atoms with van der Waals surface area (Å²) in [7, 11) is -2.72. The standard InChI is InChI=1S/C16H29NO2S/c18-20(19)11-9-17(10-12-20)8-7-14-5-6-15-3-1-2-4-16(15)13-14/h14-16H,1-13H2. The van der Waals surface area contributed by atoms with Crippen LogP contribution in [-0.4, -0.2) is 44.5 Å². The first-order chi connectivity index (χ1) is 9.62. The van der Waals surface area contributed by atoms with Crippen molar-refractivity contribution >= 4 is 9.84 Å². The van der Waals surface area contributed by atoms with E-state index in [-0.39, 0.29) is 0 Å². The van der Waals surface area contributed by atoms with Gasteiger partial charge in [0.05, 0.1) is 11.5 Å². The summed E-state index contributed by atoms with van der Waals surface area (Å²) in [5.74, 6) is 3.72. The third-order valence-electron chi connectivity index (χ3n) is 5.94. The molecule has 4 heteroatoms. The molecule has 3 unspecified atom stereocenters. The van der Waals surface area contributed by atoms with Crippen LogP contribution in [0.5, 0.6) is 0 Å². The van der Waals surface area contributed by atoms with Gasteiger partial charge in [-0.1, -0.05) is 32.1 Å². The highest BCUT2D eigenvalue weighted by molar-refractivity contribution is 7.91. The fraction of sp³-hybridized carbons (Fsp3) is 1.00. The zero-order valence-corrected chi connectivity index (χ0v) is 13.4. The van der Waals surface area contributed by atoms with Crippen molar-refractivity contribution in [3.05, 3.63) is 0 Å². The number of hydrogen-bond donors (Lipinski definition) is 0. The van der Waals surface area contributed by atoms with Crippen LogP contribution in [0, 0.1) is 17.8 Å². The van der Waals surface area contributed by atoms with Gasteiger partial charge < -0.3 is 4.90 Å². The summed E-state index contributed by atoms with van der Waals surface area (Å²) in [6.07, 6.45) is 11.5. The van der Waals surface area contributed by atoms with E-state index in [1.54, 1.807) is 0 Å². The number of rotatable bonds is 3. The van der Waals surface area contributed by atoms with E-state index in [1.165, 1.54) is 51.4 Å². The molecule has 0 aromatic heterocycles. The third kappa shape index (κ3) is 3.76. The van der Waals surface area contributed by atoms with Gasteiger partial charge in [0.2, 0.25) is 0 Å². The normalized spacial score (nSPS) is 38.3. The number of hydrogen-bond acceptors (Lipinski definition) is 3. The molecule has 3 rings (SSSR count). The molecule has 2 aliphatic carbocycles. The summed E-state index contributed by atoms with van der Waals surface area (Å²) in [5, 5.41) is 0. The van der Waals surface area contributed by atoms with Crippen LogP contribution in [-0.2, 0) is 9.84 Å². The van der Waals surface area contributed by atoms with Crippen molar-refractivity contribution in [1.29, 1.82) is 0 Å². The molecule has 1 aliphatic heterocycles. The molecule has 0 spiro atoms. The molecule has 0 amide bonds. The lowest BCUT2D eigenvalue weighted by atomic mass is 9.67. The number of fused-ring (bicyclic) bond motifs is 1. The minimum absolute atomic E-state index is 0.377. The van der Waals surface area contributed by atoms with Crippen LogP contribution in [0.4, 0.5) is 0 Å². The molecule has 20 heavy (non-hydrogen) atoms. The fourth-order valence-corrected chi connectivity index (χ4v) is 5.85. The van der Waals surface area contributed by atoms with Gasteiger partial charge in [-0.3, -0.25) is 0 Å². The Labute approximate surface area is 124 Å². The molecule has 1 saturated heterocycles. The second-order valence-electron chi connectivity index (χ2n) is 7.27. The average molecular weight is 299 g/mol. The predicted octanol–water partition coefficient (Wildman–Crippen LogP) is 2.71. The van der Waals surface area contributed by atoms with E-state index in [0.717, 1.165) is 37.4 Å². The van der Waals surface area contributed by atoms with E-state index in [2.05, 4.69) is 4.90 Å². The SMILES string of the molecule is O=S1(=O)CCN(CCC2CCC3CCCCC3C2)CC1. The van der Waals surface area contributed by atoms with Crippen LogP contribution in [0.2, 0.25) is 0 Å². The summed E-state index contributed by atoms with van der Waals surface area (Å²) in [6.45, 7) is 2.65. The van der Waals surface area contributed by atoms with Gasteiger partial charge in [-0.15, -0.1) is 0 Å². The lowest BCUT2D eigenvalue weighted by Crippen LogP contribution is -2.41. The molecule has 3 aliphatic rings. The van der Waals surface area contributed by atoms with Crippen molar-refractivity contribution < 1.29 is 8.42 Å². The zero-order valence-electron chi connectivity index (χ0n) is 12.6. The Hall–Kier alpha value is -0.0900. The van der Waals surface area contributed by atoms with E-state index >= 15 is 0 Å².